The largest absolute Gasteiger partial charge is 0.490 e. The molecule has 0 radical (unpaired) electrons. The minimum absolute atomic E-state index is 0.0908. The van der Waals surface area contributed by atoms with E-state index in [-0.39, 0.29) is 19.6 Å². The van der Waals surface area contributed by atoms with Gasteiger partial charge in [0.05, 0.1) is 6.42 Å². The maximum Gasteiger partial charge on any atom is 0.490 e. The summed E-state index contributed by atoms with van der Waals surface area (Å²) in [5.74, 6) is -3.27. The number of aliphatic carboxylic acids is 1. The maximum atomic E-state index is 11.0. The first-order valence-electron chi connectivity index (χ1n) is 6.10. The van der Waals surface area contributed by atoms with Gasteiger partial charge in [-0.25, -0.2) is 9.59 Å². The van der Waals surface area contributed by atoms with Crippen molar-refractivity contribution in [1.82, 2.24) is 5.32 Å². The Morgan fingerprint density at radius 2 is 1.78 bits per heavy atom. The summed E-state index contributed by atoms with van der Waals surface area (Å²) in [5, 5.41) is 9.48. The average Bonchev–Trinajstić information content (AvgIpc) is 2.48. The fourth-order valence-corrected chi connectivity index (χ4v) is 1.01. The van der Waals surface area contributed by atoms with Crippen LogP contribution in [-0.2, 0) is 30.8 Å². The number of alkyl halides is 3. The minimum atomic E-state index is -5.08. The van der Waals surface area contributed by atoms with E-state index in [4.69, 9.17) is 14.8 Å². The third-order valence-corrected chi connectivity index (χ3v) is 2.02. The van der Waals surface area contributed by atoms with Gasteiger partial charge in [0.15, 0.2) is 0 Å². The van der Waals surface area contributed by atoms with Gasteiger partial charge in [0.2, 0.25) is 6.41 Å². The Hall–Kier alpha value is -2.62. The van der Waals surface area contributed by atoms with E-state index in [1.165, 1.54) is 0 Å². The van der Waals surface area contributed by atoms with E-state index >= 15 is 0 Å². The van der Waals surface area contributed by atoms with Crippen LogP contribution in [0.3, 0.4) is 0 Å². The number of carboxylic acids is 1. The molecule has 0 spiro atoms. The lowest BCUT2D eigenvalue weighted by atomic mass is 10.2. The molecule has 1 rings (SSSR count). The molecule has 2 N–H and O–H groups in total. The number of carboxylic acid groups (broad SMARTS) is 1. The second kappa shape index (κ2) is 11.0. The number of hydrogen-bond donors (Lipinski definition) is 2. The minimum Gasteiger partial charge on any atom is -0.475 e. The highest BCUT2D eigenvalue weighted by molar-refractivity contribution is 5.73. The zero-order valence-electron chi connectivity index (χ0n) is 11.7. The van der Waals surface area contributed by atoms with Crippen molar-refractivity contribution in [3.63, 3.8) is 0 Å². The number of amides is 1. The monoisotopic (exact) mass is 337 g/mol. The summed E-state index contributed by atoms with van der Waals surface area (Å²) in [6.07, 6.45) is -4.47. The number of hydrogen-bond acceptors (Lipinski definition) is 5. The van der Waals surface area contributed by atoms with Gasteiger partial charge in [0, 0.05) is 6.54 Å². The van der Waals surface area contributed by atoms with Gasteiger partial charge in [0.25, 0.3) is 0 Å². The molecule has 0 saturated carbocycles. The first kappa shape index (κ1) is 20.4. The Labute approximate surface area is 128 Å². The number of rotatable bonds is 7. The summed E-state index contributed by atoms with van der Waals surface area (Å²) in [6, 6.07) is 9.35. The molecule has 128 valence electrons. The lowest BCUT2D eigenvalue weighted by Gasteiger charge is -2.03. The summed E-state index contributed by atoms with van der Waals surface area (Å²) in [4.78, 5) is 39.0. The van der Waals surface area contributed by atoms with Crippen molar-refractivity contribution in [2.24, 2.45) is 0 Å². The molecule has 0 aliphatic rings. The zero-order valence-corrected chi connectivity index (χ0v) is 11.7. The van der Waals surface area contributed by atoms with E-state index in [0.717, 1.165) is 5.56 Å². The molecule has 0 aromatic heterocycles. The van der Waals surface area contributed by atoms with E-state index in [1.807, 2.05) is 30.3 Å². The summed E-state index contributed by atoms with van der Waals surface area (Å²) in [7, 11) is 0. The van der Waals surface area contributed by atoms with Crippen molar-refractivity contribution in [3.05, 3.63) is 35.9 Å². The lowest BCUT2D eigenvalue weighted by Crippen LogP contribution is -2.21. The maximum absolute atomic E-state index is 11.0. The highest BCUT2D eigenvalue weighted by atomic mass is 19.4. The summed E-state index contributed by atoms with van der Waals surface area (Å²) in [5.41, 5.74) is 0.918. The molecule has 10 heteroatoms. The third kappa shape index (κ3) is 11.7. The van der Waals surface area contributed by atoms with E-state index < -0.39 is 18.1 Å². The second-order valence-corrected chi connectivity index (χ2v) is 3.83. The number of halogens is 3. The zero-order chi connectivity index (χ0) is 17.7. The van der Waals surface area contributed by atoms with Crippen LogP contribution in [0.4, 0.5) is 13.2 Å². The van der Waals surface area contributed by atoms with Crippen LogP contribution in [-0.4, -0.2) is 36.2 Å². The summed E-state index contributed by atoms with van der Waals surface area (Å²) in [6.45, 7) is 0.463. The number of benzene rings is 1. The van der Waals surface area contributed by atoms with Gasteiger partial charge in [-0.05, 0) is 5.56 Å². The van der Waals surface area contributed by atoms with Crippen LogP contribution in [0.2, 0.25) is 0 Å². The van der Waals surface area contributed by atoms with Crippen molar-refractivity contribution in [2.45, 2.75) is 19.2 Å². The molecule has 0 heterocycles. The molecule has 0 bridgehead atoms. The van der Waals surface area contributed by atoms with Crippen LogP contribution in [0.5, 0.6) is 0 Å². The van der Waals surface area contributed by atoms with Gasteiger partial charge in [-0.2, -0.15) is 18.1 Å². The smallest absolute Gasteiger partial charge is 0.475 e. The quantitative estimate of drug-likeness (QED) is 0.338. The van der Waals surface area contributed by atoms with Crippen molar-refractivity contribution in [2.75, 3.05) is 6.54 Å². The molecule has 1 aromatic carbocycles. The van der Waals surface area contributed by atoms with E-state index in [2.05, 4.69) is 10.2 Å². The van der Waals surface area contributed by atoms with Crippen LogP contribution in [0.25, 0.3) is 0 Å². The molecule has 0 atom stereocenters. The van der Waals surface area contributed by atoms with Crippen LogP contribution >= 0.6 is 0 Å². The van der Waals surface area contributed by atoms with Crippen LogP contribution < -0.4 is 5.32 Å². The fraction of sp³-hybridized carbons (Fsp3) is 0.308. The topological polar surface area (TPSA) is 102 Å². The Kier molecular flexibility index (Phi) is 9.76. The van der Waals surface area contributed by atoms with Gasteiger partial charge in [-0.1, -0.05) is 30.3 Å². The van der Waals surface area contributed by atoms with Crippen LogP contribution in [0, 0.1) is 0 Å². The van der Waals surface area contributed by atoms with Gasteiger partial charge < -0.3 is 10.4 Å². The molecular formula is C13H14F3NO6. The van der Waals surface area contributed by atoms with Crippen LogP contribution in [0.1, 0.15) is 12.0 Å². The van der Waals surface area contributed by atoms with Crippen molar-refractivity contribution < 1.29 is 42.4 Å². The lowest BCUT2D eigenvalue weighted by molar-refractivity contribution is -0.279. The Morgan fingerprint density at radius 1 is 1.22 bits per heavy atom. The van der Waals surface area contributed by atoms with Gasteiger partial charge in [-0.3, -0.25) is 9.68 Å². The predicted molar refractivity (Wildman–Crippen MR) is 69.7 cm³/mol. The number of nitrogens with one attached hydrogen (secondary N) is 1. The molecule has 1 amide bonds. The van der Waals surface area contributed by atoms with Crippen molar-refractivity contribution in [3.8, 4) is 0 Å². The Morgan fingerprint density at radius 3 is 2.26 bits per heavy atom. The van der Waals surface area contributed by atoms with E-state index in [1.54, 1.807) is 0 Å². The molecule has 0 unspecified atom stereocenters. The number of carbonyl (C=O) groups is 3. The Balaban J connectivity index is 0.000000585. The number of carbonyl (C=O) groups excluding carboxylic acids is 2. The van der Waals surface area contributed by atoms with Crippen molar-refractivity contribution in [1.29, 1.82) is 0 Å². The van der Waals surface area contributed by atoms with E-state index in [0.29, 0.717) is 6.41 Å². The fourth-order valence-electron chi connectivity index (χ4n) is 1.01. The third-order valence-electron chi connectivity index (χ3n) is 2.02. The second-order valence-electron chi connectivity index (χ2n) is 3.83. The average molecular weight is 337 g/mol. The van der Waals surface area contributed by atoms with Gasteiger partial charge in [0.1, 0.15) is 6.61 Å². The first-order valence-corrected chi connectivity index (χ1v) is 6.10. The molecule has 0 aliphatic carbocycles. The van der Waals surface area contributed by atoms with E-state index in [9.17, 15) is 22.8 Å². The molecule has 1 aromatic rings. The van der Waals surface area contributed by atoms with Gasteiger partial charge in [-0.15, -0.1) is 0 Å². The summed E-state index contributed by atoms with van der Waals surface area (Å²) < 4.78 is 31.7. The Bertz CT molecular complexity index is 492. The molecule has 0 saturated heterocycles. The highest BCUT2D eigenvalue weighted by Crippen LogP contribution is 2.13. The molecule has 23 heavy (non-hydrogen) atoms. The molecule has 7 nitrogen and oxygen atoms in total. The van der Waals surface area contributed by atoms with Gasteiger partial charge >= 0.3 is 18.1 Å². The highest BCUT2D eigenvalue weighted by Gasteiger charge is 2.38. The standard InChI is InChI=1S/C11H13NO4.C2HF3O2/c13-9-12-7-6-11(14)16-15-8-10-4-2-1-3-5-10;3-2(4,5)1(6)7/h1-5,9H,6-8H2,(H,12,13);(H,6,7). The normalized spacial score (nSPS) is 10.0. The SMILES string of the molecule is O=C(O)C(F)(F)F.O=CNCCC(=O)OOCc1ccccc1. The van der Waals surface area contributed by atoms with Crippen molar-refractivity contribution >= 4 is 18.3 Å². The van der Waals surface area contributed by atoms with Crippen LogP contribution in [0.15, 0.2) is 30.3 Å². The summed E-state index contributed by atoms with van der Waals surface area (Å²) >= 11 is 0. The molecule has 0 fully saturated rings. The molecular weight excluding hydrogens is 323 g/mol. The first-order chi connectivity index (χ1) is 10.8. The molecule has 0 aliphatic heterocycles. The predicted octanol–water partition coefficient (Wildman–Crippen LogP) is 1.43.